The van der Waals surface area contributed by atoms with Gasteiger partial charge in [-0.3, -0.25) is 4.90 Å². The average Bonchev–Trinajstić information content (AvgIpc) is 3.40. The number of likely N-dealkylation sites (tertiary alicyclic amines) is 1. The molecule has 0 aromatic heterocycles. The van der Waals surface area contributed by atoms with E-state index in [1.807, 2.05) is 0 Å². The number of hydrogen-bond acceptors (Lipinski definition) is 6. The van der Waals surface area contributed by atoms with Gasteiger partial charge in [0.25, 0.3) is 0 Å². The highest BCUT2D eigenvalue weighted by Gasteiger charge is 2.59. The zero-order valence-corrected chi connectivity index (χ0v) is 26.5. The summed E-state index contributed by atoms with van der Waals surface area (Å²) in [5, 5.41) is 10.4. The molecule has 2 saturated carbocycles. The number of rotatable bonds is 9. The van der Waals surface area contributed by atoms with Gasteiger partial charge in [0.2, 0.25) is 0 Å². The van der Waals surface area contributed by atoms with Crippen molar-refractivity contribution in [2.45, 2.75) is 109 Å². The van der Waals surface area contributed by atoms with E-state index in [9.17, 15) is 5.11 Å². The summed E-state index contributed by atoms with van der Waals surface area (Å²) in [5.74, 6) is 3.42. The van der Waals surface area contributed by atoms with Crippen molar-refractivity contribution in [1.29, 1.82) is 0 Å². The van der Waals surface area contributed by atoms with Crippen molar-refractivity contribution in [3.05, 3.63) is 22.8 Å². The highest BCUT2D eigenvalue weighted by Crippen LogP contribution is 2.63. The van der Waals surface area contributed by atoms with Crippen molar-refractivity contribution >= 4 is 0 Å². The molecule has 4 aliphatic carbocycles. The lowest BCUT2D eigenvalue weighted by atomic mass is 9.56. The summed E-state index contributed by atoms with van der Waals surface area (Å²) in [5.41, 5.74) is 5.26. The van der Waals surface area contributed by atoms with E-state index in [1.54, 1.807) is 23.8 Å². The molecule has 0 radical (unpaired) electrons. The maximum Gasteiger partial charge on any atom is 0.0765 e. The van der Waals surface area contributed by atoms with Gasteiger partial charge in [0, 0.05) is 32.2 Å². The standard InChI is InChI=1S/C35H57NO5/c1-23-18-32-33(36(22-23)12-13-39-16-17-40-15-14-38-5)25(3)35(41-32)11-9-28-29-7-6-26-19-27(37)8-10-34(26,4)31(29)20-30(28)24(2)21-35/h6,23,25,27-29,31-33,37H,7-22H2,1-5H3/t23-,25+,27-,28-,29-,31-,32?,33-,34-,35-/m0/s1. The van der Waals surface area contributed by atoms with Crippen molar-refractivity contribution in [3.63, 3.8) is 0 Å². The summed E-state index contributed by atoms with van der Waals surface area (Å²) >= 11 is 0. The predicted molar refractivity (Wildman–Crippen MR) is 162 cm³/mol. The number of piperidine rings is 1. The van der Waals surface area contributed by atoms with Gasteiger partial charge in [-0.05, 0) is 93.8 Å². The third-order valence-electron chi connectivity index (χ3n) is 12.6. The summed E-state index contributed by atoms with van der Waals surface area (Å²) in [4.78, 5) is 2.71. The first-order valence-corrected chi connectivity index (χ1v) is 16.9. The van der Waals surface area contributed by atoms with Crippen molar-refractivity contribution in [1.82, 2.24) is 4.90 Å². The van der Waals surface area contributed by atoms with Crippen LogP contribution in [0.2, 0.25) is 0 Å². The molecule has 6 heteroatoms. The van der Waals surface area contributed by atoms with Crippen LogP contribution in [0.4, 0.5) is 0 Å². The molecule has 41 heavy (non-hydrogen) atoms. The average molecular weight is 572 g/mol. The van der Waals surface area contributed by atoms with Crippen LogP contribution in [0, 0.1) is 35.0 Å². The molecule has 6 rings (SSSR count). The first-order chi connectivity index (χ1) is 19.8. The van der Waals surface area contributed by atoms with Gasteiger partial charge in [-0.15, -0.1) is 0 Å². The molecule has 0 aromatic carbocycles. The van der Waals surface area contributed by atoms with Gasteiger partial charge in [0.15, 0.2) is 0 Å². The van der Waals surface area contributed by atoms with E-state index in [1.165, 1.54) is 32.1 Å². The Balaban J connectivity index is 1.12. The minimum absolute atomic E-state index is 0.0286. The second kappa shape index (κ2) is 12.3. The van der Waals surface area contributed by atoms with E-state index >= 15 is 0 Å². The van der Waals surface area contributed by atoms with Crippen molar-refractivity contribution in [2.24, 2.45) is 35.0 Å². The molecule has 1 spiro atoms. The molecule has 1 unspecified atom stereocenters. The van der Waals surface area contributed by atoms with Gasteiger partial charge in [-0.1, -0.05) is 43.6 Å². The van der Waals surface area contributed by atoms with Gasteiger partial charge < -0.3 is 24.1 Å². The number of allylic oxidation sites excluding steroid dienone is 2. The number of nitrogens with zero attached hydrogens (tertiary/aromatic N) is 1. The number of ether oxygens (including phenoxy) is 4. The molecule has 1 N–H and O–H groups in total. The lowest BCUT2D eigenvalue weighted by Crippen LogP contribution is -2.52. The highest BCUT2D eigenvalue weighted by atomic mass is 16.5. The topological polar surface area (TPSA) is 60.4 Å². The fraction of sp³-hybridized carbons (Fsp3) is 0.886. The Labute approximate surface area is 249 Å². The molecule has 232 valence electrons. The first kappa shape index (κ1) is 30.3. The minimum Gasteiger partial charge on any atom is -0.393 e. The minimum atomic E-state index is -0.128. The van der Waals surface area contributed by atoms with Crippen LogP contribution < -0.4 is 0 Å². The van der Waals surface area contributed by atoms with Gasteiger partial charge in [0.05, 0.1) is 50.8 Å². The molecule has 10 atom stereocenters. The summed E-state index contributed by atoms with van der Waals surface area (Å²) in [6, 6.07) is 0.490. The molecule has 6 nitrogen and oxygen atoms in total. The first-order valence-electron chi connectivity index (χ1n) is 16.9. The van der Waals surface area contributed by atoms with Crippen molar-refractivity contribution < 1.29 is 24.1 Å². The van der Waals surface area contributed by atoms with E-state index in [2.05, 4.69) is 38.7 Å². The van der Waals surface area contributed by atoms with E-state index in [-0.39, 0.29) is 11.7 Å². The molecule has 6 aliphatic rings. The monoisotopic (exact) mass is 571 g/mol. The van der Waals surface area contributed by atoms with Crippen LogP contribution in [0.25, 0.3) is 0 Å². The zero-order chi connectivity index (χ0) is 28.8. The Morgan fingerprint density at radius 2 is 1.83 bits per heavy atom. The normalized spacial score (nSPS) is 44.3. The number of aliphatic hydroxyl groups is 1. The molecule has 0 amide bonds. The number of aliphatic hydroxyl groups excluding tert-OH is 1. The summed E-state index contributed by atoms with van der Waals surface area (Å²) < 4.78 is 23.9. The Morgan fingerprint density at radius 1 is 1.05 bits per heavy atom. The van der Waals surface area contributed by atoms with E-state index in [0.717, 1.165) is 57.2 Å². The molecule has 2 heterocycles. The third kappa shape index (κ3) is 5.64. The molecule has 0 bridgehead atoms. The van der Waals surface area contributed by atoms with Crippen molar-refractivity contribution in [2.75, 3.05) is 53.2 Å². The molecule has 0 aromatic rings. The maximum absolute atomic E-state index is 10.4. The summed E-state index contributed by atoms with van der Waals surface area (Å²) in [6.07, 6.45) is 13.0. The van der Waals surface area contributed by atoms with Gasteiger partial charge >= 0.3 is 0 Å². The Kier molecular flexibility index (Phi) is 9.10. The Morgan fingerprint density at radius 3 is 2.63 bits per heavy atom. The molecule has 4 fully saturated rings. The fourth-order valence-corrected chi connectivity index (χ4v) is 10.5. The largest absolute Gasteiger partial charge is 0.393 e. The lowest BCUT2D eigenvalue weighted by molar-refractivity contribution is -0.0806. The van der Waals surface area contributed by atoms with Crippen LogP contribution in [-0.2, 0) is 18.9 Å². The predicted octanol–water partition coefficient (Wildman–Crippen LogP) is 5.78. The third-order valence-corrected chi connectivity index (χ3v) is 12.6. The Hall–Kier alpha value is -0.760. The number of hydrogen-bond donors (Lipinski definition) is 1. The SMILES string of the molecule is COCCOCCOCCN1C[C@@H](C)CC2O[C@]3(CC[C@@H]4C(=C(C)C3)C[C@H]3[C@H]4CC=C4C[C@@H](O)CC[C@@]43C)[C@H](C)[C@@H]21. The molecule has 2 aliphatic heterocycles. The number of methoxy groups -OCH3 is 1. The van der Waals surface area contributed by atoms with Crippen LogP contribution in [-0.4, -0.2) is 87.1 Å². The smallest absolute Gasteiger partial charge is 0.0765 e. The van der Waals surface area contributed by atoms with E-state index < -0.39 is 0 Å². The fourth-order valence-electron chi connectivity index (χ4n) is 10.5. The zero-order valence-electron chi connectivity index (χ0n) is 26.5. The van der Waals surface area contributed by atoms with Crippen LogP contribution in [0.1, 0.15) is 85.5 Å². The summed E-state index contributed by atoms with van der Waals surface area (Å²) in [7, 11) is 1.70. The van der Waals surface area contributed by atoms with Crippen LogP contribution in [0.5, 0.6) is 0 Å². The Bertz CT molecular complexity index is 995. The van der Waals surface area contributed by atoms with Gasteiger partial charge in [0.1, 0.15) is 0 Å². The van der Waals surface area contributed by atoms with E-state index in [4.69, 9.17) is 18.9 Å². The van der Waals surface area contributed by atoms with Crippen LogP contribution in [0.15, 0.2) is 22.8 Å². The molecular weight excluding hydrogens is 514 g/mol. The van der Waals surface area contributed by atoms with Gasteiger partial charge in [-0.2, -0.15) is 0 Å². The molecule has 2 saturated heterocycles. The van der Waals surface area contributed by atoms with Crippen molar-refractivity contribution in [3.8, 4) is 0 Å². The maximum atomic E-state index is 10.4. The van der Waals surface area contributed by atoms with Gasteiger partial charge in [-0.25, -0.2) is 0 Å². The summed E-state index contributed by atoms with van der Waals surface area (Å²) in [6.45, 7) is 15.3. The quantitative estimate of drug-likeness (QED) is 0.280. The van der Waals surface area contributed by atoms with Crippen LogP contribution >= 0.6 is 0 Å². The lowest BCUT2D eigenvalue weighted by Gasteiger charge is -2.49. The second-order valence-corrected chi connectivity index (χ2v) is 14.9. The van der Waals surface area contributed by atoms with E-state index in [0.29, 0.717) is 61.7 Å². The second-order valence-electron chi connectivity index (χ2n) is 14.9. The number of fused-ring (bicyclic) bond motifs is 6. The highest BCUT2D eigenvalue weighted by molar-refractivity contribution is 5.34. The van der Waals surface area contributed by atoms with Crippen LogP contribution in [0.3, 0.4) is 0 Å². The molecular formula is C35H57NO5.